The van der Waals surface area contributed by atoms with Crippen molar-refractivity contribution in [2.75, 3.05) is 38.6 Å². The van der Waals surface area contributed by atoms with E-state index in [0.717, 1.165) is 18.8 Å². The maximum Gasteiger partial charge on any atom is 0.214 e. The molecule has 0 aromatic heterocycles. The summed E-state index contributed by atoms with van der Waals surface area (Å²) in [4.78, 5) is 3.55. The number of quaternary nitrogens is 1. The smallest absolute Gasteiger partial charge is 0.214 e. The molecule has 0 bridgehead atoms. The van der Waals surface area contributed by atoms with Gasteiger partial charge in [-0.25, -0.2) is 13.1 Å². The van der Waals surface area contributed by atoms with Gasteiger partial charge in [-0.1, -0.05) is 12.1 Å². The molecule has 0 unspecified atom stereocenters. The van der Waals surface area contributed by atoms with Crippen LogP contribution in [-0.4, -0.2) is 47.4 Å². The van der Waals surface area contributed by atoms with Gasteiger partial charge in [0, 0.05) is 38.2 Å². The summed E-state index contributed by atoms with van der Waals surface area (Å²) in [7, 11) is 0.822. The van der Waals surface area contributed by atoms with Crippen LogP contribution in [-0.2, 0) is 10.0 Å². The fourth-order valence-electron chi connectivity index (χ4n) is 3.05. The number of anilines is 1. The predicted octanol–water partition coefficient (Wildman–Crippen LogP) is 0.800. The third-order valence-electron chi connectivity index (χ3n) is 4.66. The first-order chi connectivity index (χ1) is 10.8. The Morgan fingerprint density at radius 1 is 1.13 bits per heavy atom. The molecule has 0 aliphatic carbocycles. The summed E-state index contributed by atoms with van der Waals surface area (Å²) >= 11 is 0. The third-order valence-corrected chi connectivity index (χ3v) is 6.47. The second kappa shape index (κ2) is 7.64. The number of nitrogens with one attached hydrogen (secondary N) is 2. The summed E-state index contributed by atoms with van der Waals surface area (Å²) in [6.45, 7) is 6.13. The van der Waals surface area contributed by atoms with Gasteiger partial charge in [0.25, 0.3) is 0 Å². The fraction of sp³-hybridized carbons (Fsp3) is 0.647. The first kappa shape index (κ1) is 18.2. The highest BCUT2D eigenvalue weighted by atomic mass is 32.2. The van der Waals surface area contributed by atoms with E-state index in [2.05, 4.69) is 33.9 Å². The van der Waals surface area contributed by atoms with E-state index in [1.807, 2.05) is 14.1 Å². The van der Waals surface area contributed by atoms with Gasteiger partial charge in [-0.3, -0.25) is 0 Å². The molecule has 1 aliphatic rings. The Bertz CT molecular complexity index is 591. The molecule has 1 aromatic carbocycles. The van der Waals surface area contributed by atoms with Gasteiger partial charge in [0.2, 0.25) is 10.0 Å². The molecule has 2 rings (SSSR count). The van der Waals surface area contributed by atoms with Crippen molar-refractivity contribution in [2.45, 2.75) is 38.0 Å². The van der Waals surface area contributed by atoms with Crippen LogP contribution in [0.4, 0.5) is 5.69 Å². The monoisotopic (exact) mass is 340 g/mol. The molecule has 0 spiro atoms. The normalized spacial score (nSPS) is 17.6. The minimum absolute atomic E-state index is 0.183. The molecule has 23 heavy (non-hydrogen) atoms. The predicted molar refractivity (Wildman–Crippen MR) is 95.5 cm³/mol. The Labute approximate surface area is 140 Å². The molecule has 1 saturated heterocycles. The number of hydrogen-bond acceptors (Lipinski definition) is 3. The summed E-state index contributed by atoms with van der Waals surface area (Å²) in [6, 6.07) is 8.66. The van der Waals surface area contributed by atoms with Crippen molar-refractivity contribution in [3.8, 4) is 0 Å². The zero-order valence-corrected chi connectivity index (χ0v) is 15.5. The lowest BCUT2D eigenvalue weighted by atomic mass is 10.1. The Kier molecular flexibility index (Phi) is 6.06. The molecule has 5 nitrogen and oxygen atoms in total. The summed E-state index contributed by atoms with van der Waals surface area (Å²) in [5, 5.41) is -0.396. The van der Waals surface area contributed by atoms with E-state index in [1.165, 1.54) is 23.3 Å². The molecule has 2 N–H and O–H groups in total. The van der Waals surface area contributed by atoms with Crippen LogP contribution in [0, 0.1) is 0 Å². The first-order valence-electron chi connectivity index (χ1n) is 8.41. The standard InChI is InChI=1S/C17H29N3O2S/c1-14(2)23(21,22)18-13-17(20-11-5-6-12-20)15-7-9-16(10-8-15)19(3)4/h7-10,14,17-18H,5-6,11-13H2,1-4H3/p+1/t17-/m1/s1. The minimum atomic E-state index is -3.22. The molecule has 6 heteroatoms. The average Bonchev–Trinajstić information content (AvgIpc) is 3.02. The van der Waals surface area contributed by atoms with Gasteiger partial charge in [-0.15, -0.1) is 0 Å². The van der Waals surface area contributed by atoms with Crippen molar-refractivity contribution < 1.29 is 13.3 Å². The number of hydrogen-bond donors (Lipinski definition) is 2. The van der Waals surface area contributed by atoms with Gasteiger partial charge < -0.3 is 9.80 Å². The van der Waals surface area contributed by atoms with Crippen LogP contribution in [0.25, 0.3) is 0 Å². The molecule has 130 valence electrons. The molecule has 0 amide bonds. The summed E-state index contributed by atoms with van der Waals surface area (Å²) in [5.74, 6) is 0. The van der Waals surface area contributed by atoms with E-state index in [0.29, 0.717) is 6.54 Å². The second-order valence-corrected chi connectivity index (χ2v) is 9.17. The van der Waals surface area contributed by atoms with Crippen molar-refractivity contribution in [2.24, 2.45) is 0 Å². The van der Waals surface area contributed by atoms with Crippen LogP contribution >= 0.6 is 0 Å². The van der Waals surface area contributed by atoms with Crippen molar-refractivity contribution in [1.82, 2.24) is 4.72 Å². The zero-order chi connectivity index (χ0) is 17.0. The number of likely N-dealkylation sites (tertiary alicyclic amines) is 1. The highest BCUT2D eigenvalue weighted by Gasteiger charge is 2.29. The van der Waals surface area contributed by atoms with Crippen LogP contribution in [0.15, 0.2) is 24.3 Å². The van der Waals surface area contributed by atoms with Crippen molar-refractivity contribution in [1.29, 1.82) is 0 Å². The van der Waals surface area contributed by atoms with Crippen molar-refractivity contribution >= 4 is 15.7 Å². The van der Waals surface area contributed by atoms with Gasteiger partial charge in [-0.2, -0.15) is 0 Å². The number of benzene rings is 1. The SMILES string of the molecule is CC(C)S(=O)(=O)NC[C@H](c1ccc(N(C)C)cc1)[NH+]1CCCC1. The number of sulfonamides is 1. The van der Waals surface area contributed by atoms with Crippen LogP contribution < -0.4 is 14.5 Å². The van der Waals surface area contributed by atoms with E-state index in [9.17, 15) is 8.42 Å². The lowest BCUT2D eigenvalue weighted by Gasteiger charge is -2.26. The molecule has 1 aromatic rings. The van der Waals surface area contributed by atoms with Gasteiger partial charge in [0.05, 0.1) is 24.9 Å². The number of nitrogens with zero attached hydrogens (tertiary/aromatic N) is 1. The zero-order valence-electron chi connectivity index (χ0n) is 14.7. The largest absolute Gasteiger partial charge is 0.378 e. The van der Waals surface area contributed by atoms with E-state index >= 15 is 0 Å². The van der Waals surface area contributed by atoms with E-state index < -0.39 is 15.3 Å². The third kappa shape index (κ3) is 4.68. The molecule has 0 saturated carbocycles. The van der Waals surface area contributed by atoms with Crippen LogP contribution in [0.2, 0.25) is 0 Å². The van der Waals surface area contributed by atoms with Crippen LogP contribution in [0.5, 0.6) is 0 Å². The van der Waals surface area contributed by atoms with Crippen molar-refractivity contribution in [3.05, 3.63) is 29.8 Å². The van der Waals surface area contributed by atoms with E-state index in [4.69, 9.17) is 0 Å². The molecular weight excluding hydrogens is 310 g/mol. The molecule has 1 atom stereocenters. The lowest BCUT2D eigenvalue weighted by Crippen LogP contribution is -3.11. The molecule has 1 aliphatic heterocycles. The van der Waals surface area contributed by atoms with Gasteiger partial charge in [0.1, 0.15) is 6.04 Å². The quantitative estimate of drug-likeness (QED) is 0.772. The van der Waals surface area contributed by atoms with Gasteiger partial charge in [-0.05, 0) is 26.0 Å². The maximum atomic E-state index is 12.1. The molecule has 0 radical (unpaired) electrons. The Morgan fingerprint density at radius 3 is 2.17 bits per heavy atom. The average molecular weight is 341 g/mol. The first-order valence-corrected chi connectivity index (χ1v) is 9.96. The minimum Gasteiger partial charge on any atom is -0.378 e. The summed E-state index contributed by atoms with van der Waals surface area (Å²) in [5.41, 5.74) is 2.37. The lowest BCUT2D eigenvalue weighted by molar-refractivity contribution is -0.918. The molecule has 1 heterocycles. The van der Waals surface area contributed by atoms with Crippen LogP contribution in [0.3, 0.4) is 0 Å². The molecular formula is C17H30N3O2S+. The maximum absolute atomic E-state index is 12.1. The van der Waals surface area contributed by atoms with Crippen LogP contribution in [0.1, 0.15) is 38.3 Å². The summed E-state index contributed by atoms with van der Waals surface area (Å²) in [6.07, 6.45) is 2.44. The Hall–Kier alpha value is -1.11. The topological polar surface area (TPSA) is 53.9 Å². The van der Waals surface area contributed by atoms with Gasteiger partial charge >= 0.3 is 0 Å². The second-order valence-electron chi connectivity index (χ2n) is 6.85. The Morgan fingerprint density at radius 2 is 1.70 bits per heavy atom. The highest BCUT2D eigenvalue weighted by Crippen LogP contribution is 2.17. The molecule has 1 fully saturated rings. The van der Waals surface area contributed by atoms with Crippen molar-refractivity contribution in [3.63, 3.8) is 0 Å². The van der Waals surface area contributed by atoms with Gasteiger partial charge in [0.15, 0.2) is 0 Å². The summed E-state index contributed by atoms with van der Waals surface area (Å²) < 4.78 is 27.0. The Balaban J connectivity index is 2.17. The van der Waals surface area contributed by atoms with E-state index in [-0.39, 0.29) is 6.04 Å². The fourth-order valence-corrected chi connectivity index (χ4v) is 3.78. The highest BCUT2D eigenvalue weighted by molar-refractivity contribution is 7.90. The number of rotatable bonds is 7. The van der Waals surface area contributed by atoms with E-state index in [1.54, 1.807) is 13.8 Å².